The van der Waals surface area contributed by atoms with Crippen LogP contribution < -0.4 is 0 Å². The van der Waals surface area contributed by atoms with Crippen LogP contribution in [-0.2, 0) is 0 Å². The molecule has 0 saturated carbocycles. The molecule has 1 rings (SSSR count). The molecule has 0 aromatic carbocycles. The number of aliphatic hydroxyl groups is 3. The molecule has 0 bridgehead atoms. The summed E-state index contributed by atoms with van der Waals surface area (Å²) in [6.45, 7) is -0.304. The summed E-state index contributed by atoms with van der Waals surface area (Å²) in [7, 11) is 0. The van der Waals surface area contributed by atoms with Crippen LogP contribution in [0, 0.1) is 0 Å². The molecule has 0 saturated heterocycles. The van der Waals surface area contributed by atoms with Crippen molar-refractivity contribution in [1.29, 1.82) is 0 Å². The Morgan fingerprint density at radius 3 is 2.65 bits per heavy atom. The van der Waals surface area contributed by atoms with Crippen LogP contribution in [-0.4, -0.2) is 44.1 Å². The SMILES string of the molecule is O=C(O)c1cnc(Cl)c(C(O)C(O)CCO)c1. The lowest BCUT2D eigenvalue weighted by atomic mass is 10.0. The van der Waals surface area contributed by atoms with Gasteiger partial charge in [0, 0.05) is 18.4 Å². The fourth-order valence-corrected chi connectivity index (χ4v) is 1.50. The second kappa shape index (κ2) is 5.92. The Bertz CT molecular complexity index is 412. The zero-order valence-corrected chi connectivity index (χ0v) is 9.50. The largest absolute Gasteiger partial charge is 0.478 e. The molecular formula is C10H12ClNO5. The van der Waals surface area contributed by atoms with E-state index in [1.54, 1.807) is 0 Å². The maximum atomic E-state index is 10.7. The highest BCUT2D eigenvalue weighted by molar-refractivity contribution is 6.30. The number of carbonyl (C=O) groups is 1. The lowest BCUT2D eigenvalue weighted by molar-refractivity contribution is 0.00402. The fourth-order valence-electron chi connectivity index (χ4n) is 1.29. The quantitative estimate of drug-likeness (QED) is 0.564. The minimum atomic E-state index is -1.39. The first-order chi connectivity index (χ1) is 7.97. The number of rotatable bonds is 5. The van der Waals surface area contributed by atoms with E-state index in [0.29, 0.717) is 0 Å². The summed E-state index contributed by atoms with van der Waals surface area (Å²) in [5, 5.41) is 36.5. The molecule has 0 aliphatic heterocycles. The van der Waals surface area contributed by atoms with Crippen molar-refractivity contribution in [3.05, 3.63) is 28.5 Å². The number of hydrogen-bond acceptors (Lipinski definition) is 5. The molecule has 2 unspecified atom stereocenters. The molecule has 17 heavy (non-hydrogen) atoms. The van der Waals surface area contributed by atoms with E-state index in [2.05, 4.69) is 4.98 Å². The van der Waals surface area contributed by atoms with Gasteiger partial charge >= 0.3 is 5.97 Å². The third-order valence-corrected chi connectivity index (χ3v) is 2.54. The zero-order valence-electron chi connectivity index (χ0n) is 8.75. The Balaban J connectivity index is 3.03. The Morgan fingerprint density at radius 1 is 1.47 bits per heavy atom. The van der Waals surface area contributed by atoms with Gasteiger partial charge in [0.2, 0.25) is 0 Å². The fraction of sp³-hybridized carbons (Fsp3) is 0.400. The molecule has 2 atom stereocenters. The second-order valence-corrected chi connectivity index (χ2v) is 3.79. The van der Waals surface area contributed by atoms with Crippen LogP contribution in [0.25, 0.3) is 0 Å². The number of halogens is 1. The van der Waals surface area contributed by atoms with Crippen molar-refractivity contribution >= 4 is 17.6 Å². The van der Waals surface area contributed by atoms with Gasteiger partial charge in [0.25, 0.3) is 0 Å². The number of aliphatic hydroxyl groups excluding tert-OH is 3. The average molecular weight is 262 g/mol. The van der Waals surface area contributed by atoms with Gasteiger partial charge in [-0.25, -0.2) is 9.78 Å². The predicted octanol–water partition coefficient (Wildman–Crippen LogP) is 0.210. The van der Waals surface area contributed by atoms with Gasteiger partial charge in [-0.2, -0.15) is 0 Å². The van der Waals surface area contributed by atoms with E-state index < -0.39 is 18.2 Å². The number of nitrogens with zero attached hydrogens (tertiary/aromatic N) is 1. The van der Waals surface area contributed by atoms with Gasteiger partial charge in [-0.3, -0.25) is 0 Å². The van der Waals surface area contributed by atoms with Gasteiger partial charge in [-0.1, -0.05) is 11.6 Å². The molecule has 6 nitrogen and oxygen atoms in total. The van der Waals surface area contributed by atoms with Crippen LogP contribution in [0.2, 0.25) is 5.15 Å². The average Bonchev–Trinajstić information content (AvgIpc) is 2.28. The van der Waals surface area contributed by atoms with E-state index in [0.717, 1.165) is 12.3 Å². The van der Waals surface area contributed by atoms with E-state index in [1.807, 2.05) is 0 Å². The van der Waals surface area contributed by atoms with Gasteiger partial charge < -0.3 is 20.4 Å². The summed E-state index contributed by atoms with van der Waals surface area (Å²) in [6.07, 6.45) is -1.61. The number of aromatic nitrogens is 1. The smallest absolute Gasteiger partial charge is 0.337 e. The van der Waals surface area contributed by atoms with E-state index >= 15 is 0 Å². The molecule has 0 radical (unpaired) electrons. The monoisotopic (exact) mass is 261 g/mol. The third kappa shape index (κ3) is 3.37. The summed E-state index contributed by atoms with van der Waals surface area (Å²) in [5.74, 6) is -1.21. The Morgan fingerprint density at radius 2 is 2.12 bits per heavy atom. The Kier molecular flexibility index (Phi) is 4.83. The molecule has 4 N–H and O–H groups in total. The van der Waals surface area contributed by atoms with Crippen molar-refractivity contribution in [2.75, 3.05) is 6.61 Å². The molecule has 0 amide bonds. The lowest BCUT2D eigenvalue weighted by Gasteiger charge is -2.18. The second-order valence-electron chi connectivity index (χ2n) is 3.43. The van der Waals surface area contributed by atoms with Crippen molar-refractivity contribution in [2.45, 2.75) is 18.6 Å². The first-order valence-electron chi connectivity index (χ1n) is 4.83. The van der Waals surface area contributed by atoms with Crippen molar-refractivity contribution in [2.24, 2.45) is 0 Å². The summed E-state index contributed by atoms with van der Waals surface area (Å²) < 4.78 is 0. The highest BCUT2D eigenvalue weighted by Gasteiger charge is 2.22. The molecule has 0 spiro atoms. The van der Waals surface area contributed by atoms with Crippen LogP contribution in [0.5, 0.6) is 0 Å². The van der Waals surface area contributed by atoms with E-state index in [4.69, 9.17) is 21.8 Å². The van der Waals surface area contributed by atoms with E-state index in [-0.39, 0.29) is 29.3 Å². The van der Waals surface area contributed by atoms with Crippen LogP contribution in [0.3, 0.4) is 0 Å². The van der Waals surface area contributed by atoms with Crippen molar-refractivity contribution in [3.63, 3.8) is 0 Å². The molecule has 1 aromatic rings. The molecule has 0 aliphatic carbocycles. The predicted molar refractivity (Wildman–Crippen MR) is 58.9 cm³/mol. The molecule has 1 aromatic heterocycles. The topological polar surface area (TPSA) is 111 Å². The number of carboxylic acids is 1. The number of aromatic carboxylic acids is 1. The molecular weight excluding hydrogens is 250 g/mol. The minimum absolute atomic E-state index is 0.0208. The molecule has 1 heterocycles. The number of carboxylic acid groups (broad SMARTS) is 1. The standard InChI is InChI=1S/C10H12ClNO5/c11-9-6(8(15)7(14)1-2-13)3-5(4-12-9)10(16)17/h3-4,7-8,13-15H,1-2H2,(H,16,17). The lowest BCUT2D eigenvalue weighted by Crippen LogP contribution is -2.20. The van der Waals surface area contributed by atoms with Crippen molar-refractivity contribution in [3.8, 4) is 0 Å². The first-order valence-corrected chi connectivity index (χ1v) is 5.21. The van der Waals surface area contributed by atoms with E-state index in [9.17, 15) is 15.0 Å². The highest BCUT2D eigenvalue weighted by atomic mass is 35.5. The Labute approximate surface area is 102 Å². The van der Waals surface area contributed by atoms with Crippen molar-refractivity contribution in [1.82, 2.24) is 4.98 Å². The number of pyridine rings is 1. The summed E-state index contributed by atoms with van der Waals surface area (Å²) in [6, 6.07) is 1.14. The van der Waals surface area contributed by atoms with Crippen molar-refractivity contribution < 1.29 is 25.2 Å². The maximum absolute atomic E-state index is 10.7. The first kappa shape index (κ1) is 13.9. The molecule has 7 heteroatoms. The van der Waals surface area contributed by atoms with Gasteiger partial charge in [-0.05, 0) is 12.5 Å². The molecule has 94 valence electrons. The van der Waals surface area contributed by atoms with Gasteiger partial charge in [0.05, 0.1) is 11.7 Å². The van der Waals surface area contributed by atoms with Crippen LogP contribution in [0.4, 0.5) is 0 Å². The summed E-state index contributed by atoms with van der Waals surface area (Å²) in [4.78, 5) is 14.3. The van der Waals surface area contributed by atoms with E-state index in [1.165, 1.54) is 0 Å². The summed E-state index contributed by atoms with van der Waals surface area (Å²) in [5.41, 5.74) is -0.118. The molecule has 0 fully saturated rings. The van der Waals surface area contributed by atoms with Gasteiger partial charge in [0.15, 0.2) is 0 Å². The third-order valence-electron chi connectivity index (χ3n) is 2.22. The van der Waals surface area contributed by atoms with Gasteiger partial charge in [0.1, 0.15) is 11.3 Å². The zero-order chi connectivity index (χ0) is 13.0. The Hall–Kier alpha value is -1.21. The highest BCUT2D eigenvalue weighted by Crippen LogP contribution is 2.25. The minimum Gasteiger partial charge on any atom is -0.478 e. The van der Waals surface area contributed by atoms with Gasteiger partial charge in [-0.15, -0.1) is 0 Å². The normalized spacial score (nSPS) is 14.4. The maximum Gasteiger partial charge on any atom is 0.337 e. The van der Waals surface area contributed by atoms with Crippen LogP contribution in [0.1, 0.15) is 28.4 Å². The molecule has 0 aliphatic rings. The van der Waals surface area contributed by atoms with Crippen LogP contribution in [0.15, 0.2) is 12.3 Å². The number of hydrogen-bond donors (Lipinski definition) is 4. The summed E-state index contributed by atoms with van der Waals surface area (Å²) >= 11 is 5.70. The van der Waals surface area contributed by atoms with Crippen LogP contribution >= 0.6 is 11.6 Å².